The third kappa shape index (κ3) is 8.23. The molecule has 2 aromatic carbocycles. The summed E-state index contributed by atoms with van der Waals surface area (Å²) in [6, 6.07) is 13.3. The molecule has 0 aromatic heterocycles. The molecule has 29 heavy (non-hydrogen) atoms. The molecule has 0 saturated carbocycles. The SMILES string of the molecule is CC(C)(C)OC(=O)NCCC(=O)Nc1ccc(NC(=O)c2ccc(Cl)cc2)cc1. The molecular weight excluding hydrogens is 394 g/mol. The van der Waals surface area contributed by atoms with Gasteiger partial charge in [-0.1, -0.05) is 11.6 Å². The van der Waals surface area contributed by atoms with E-state index in [9.17, 15) is 14.4 Å². The van der Waals surface area contributed by atoms with Crippen LogP contribution in [0.25, 0.3) is 0 Å². The molecule has 8 heteroatoms. The summed E-state index contributed by atoms with van der Waals surface area (Å²) >= 11 is 5.81. The average molecular weight is 418 g/mol. The molecule has 3 amide bonds. The number of ether oxygens (including phenoxy) is 1. The minimum atomic E-state index is -0.586. The molecule has 0 bridgehead atoms. The highest BCUT2D eigenvalue weighted by molar-refractivity contribution is 6.30. The van der Waals surface area contributed by atoms with Gasteiger partial charge in [-0.3, -0.25) is 9.59 Å². The van der Waals surface area contributed by atoms with Gasteiger partial charge in [0.05, 0.1) is 0 Å². The zero-order valence-electron chi connectivity index (χ0n) is 16.5. The number of nitrogens with one attached hydrogen (secondary N) is 3. The van der Waals surface area contributed by atoms with Crippen molar-refractivity contribution in [2.24, 2.45) is 0 Å². The van der Waals surface area contributed by atoms with E-state index in [0.717, 1.165) is 0 Å². The second kappa shape index (κ2) is 9.93. The predicted octanol–water partition coefficient (Wildman–Crippen LogP) is 4.45. The Balaban J connectivity index is 1.78. The minimum Gasteiger partial charge on any atom is -0.444 e. The van der Waals surface area contributed by atoms with Crippen molar-refractivity contribution in [3.05, 3.63) is 59.1 Å². The van der Waals surface area contributed by atoms with Gasteiger partial charge >= 0.3 is 6.09 Å². The maximum Gasteiger partial charge on any atom is 0.407 e. The van der Waals surface area contributed by atoms with E-state index in [1.807, 2.05) is 0 Å². The summed E-state index contributed by atoms with van der Waals surface area (Å²) in [6.45, 7) is 5.46. The standard InChI is InChI=1S/C21H24ClN3O4/c1-21(2,3)29-20(28)23-13-12-18(26)24-16-8-10-17(11-9-16)25-19(27)14-4-6-15(22)7-5-14/h4-11H,12-13H2,1-3H3,(H,23,28)(H,24,26)(H,25,27). The highest BCUT2D eigenvalue weighted by Gasteiger charge is 2.16. The van der Waals surface area contributed by atoms with Crippen molar-refractivity contribution < 1.29 is 19.1 Å². The van der Waals surface area contributed by atoms with Crippen LogP contribution in [0.15, 0.2) is 48.5 Å². The largest absolute Gasteiger partial charge is 0.444 e. The van der Waals surface area contributed by atoms with Crippen molar-refractivity contribution >= 4 is 40.9 Å². The number of rotatable bonds is 6. The summed E-state index contributed by atoms with van der Waals surface area (Å²) in [6.07, 6.45) is -0.458. The number of carbonyl (C=O) groups excluding carboxylic acids is 3. The van der Waals surface area contributed by atoms with Crippen LogP contribution >= 0.6 is 11.6 Å². The van der Waals surface area contributed by atoms with Gasteiger partial charge in [-0.25, -0.2) is 4.79 Å². The highest BCUT2D eigenvalue weighted by atomic mass is 35.5. The number of hydrogen-bond donors (Lipinski definition) is 3. The second-order valence-corrected chi connectivity index (χ2v) is 7.70. The second-order valence-electron chi connectivity index (χ2n) is 7.27. The normalized spacial score (nSPS) is 10.8. The topological polar surface area (TPSA) is 96.5 Å². The van der Waals surface area contributed by atoms with E-state index < -0.39 is 11.7 Å². The number of benzene rings is 2. The fraction of sp³-hybridized carbons (Fsp3) is 0.286. The van der Waals surface area contributed by atoms with Crippen molar-refractivity contribution in [1.82, 2.24) is 5.32 Å². The zero-order valence-corrected chi connectivity index (χ0v) is 17.3. The maximum absolute atomic E-state index is 12.2. The number of anilines is 2. The molecule has 7 nitrogen and oxygen atoms in total. The lowest BCUT2D eigenvalue weighted by atomic mass is 10.2. The lowest BCUT2D eigenvalue weighted by molar-refractivity contribution is -0.116. The molecule has 0 radical (unpaired) electrons. The molecule has 0 heterocycles. The zero-order chi connectivity index (χ0) is 21.4. The van der Waals surface area contributed by atoms with Crippen molar-refractivity contribution in [3.63, 3.8) is 0 Å². The van der Waals surface area contributed by atoms with Gasteiger partial charge in [-0.15, -0.1) is 0 Å². The summed E-state index contributed by atoms with van der Waals surface area (Å²) in [4.78, 5) is 35.7. The van der Waals surface area contributed by atoms with Gasteiger partial charge in [0.15, 0.2) is 0 Å². The average Bonchev–Trinajstić information content (AvgIpc) is 2.62. The number of hydrogen-bond acceptors (Lipinski definition) is 4. The number of amides is 3. The molecule has 0 atom stereocenters. The maximum atomic E-state index is 12.2. The van der Waals surface area contributed by atoms with Crippen LogP contribution in [0.2, 0.25) is 5.02 Å². The molecule has 0 spiro atoms. The fourth-order valence-corrected chi connectivity index (χ4v) is 2.38. The van der Waals surface area contributed by atoms with Gasteiger partial charge in [-0.05, 0) is 69.3 Å². The van der Waals surface area contributed by atoms with Crippen LogP contribution < -0.4 is 16.0 Å². The summed E-state index contributed by atoms with van der Waals surface area (Å²) in [5, 5.41) is 8.58. The Hall–Kier alpha value is -3.06. The Morgan fingerprint density at radius 1 is 0.897 bits per heavy atom. The van der Waals surface area contributed by atoms with Crippen molar-refractivity contribution in [2.75, 3.05) is 17.2 Å². The lowest BCUT2D eigenvalue weighted by Gasteiger charge is -2.19. The fourth-order valence-electron chi connectivity index (χ4n) is 2.26. The van der Waals surface area contributed by atoms with Gasteiger partial charge in [-0.2, -0.15) is 0 Å². The molecule has 0 unspecified atom stereocenters. The molecule has 0 aliphatic rings. The lowest BCUT2D eigenvalue weighted by Crippen LogP contribution is -2.34. The van der Waals surface area contributed by atoms with Gasteiger partial charge in [0.2, 0.25) is 5.91 Å². The van der Waals surface area contributed by atoms with Crippen molar-refractivity contribution in [2.45, 2.75) is 32.8 Å². The first-order valence-electron chi connectivity index (χ1n) is 9.06. The molecule has 2 aromatic rings. The van der Waals surface area contributed by atoms with Crippen LogP contribution in [-0.2, 0) is 9.53 Å². The monoisotopic (exact) mass is 417 g/mol. The van der Waals surface area contributed by atoms with Crippen molar-refractivity contribution in [1.29, 1.82) is 0 Å². The Morgan fingerprint density at radius 3 is 2.00 bits per heavy atom. The van der Waals surface area contributed by atoms with Crippen LogP contribution in [-0.4, -0.2) is 30.1 Å². The number of halogens is 1. The van der Waals surface area contributed by atoms with E-state index in [4.69, 9.17) is 16.3 Å². The van der Waals surface area contributed by atoms with Gasteiger partial charge in [0.25, 0.3) is 5.91 Å². The molecule has 2 rings (SSSR count). The Kier molecular flexibility index (Phi) is 7.61. The Bertz CT molecular complexity index is 859. The molecule has 154 valence electrons. The smallest absolute Gasteiger partial charge is 0.407 e. The first-order chi connectivity index (χ1) is 13.6. The first kappa shape index (κ1) is 22.2. The van der Waals surface area contributed by atoms with E-state index >= 15 is 0 Å². The van der Waals surface area contributed by atoms with E-state index in [1.54, 1.807) is 69.3 Å². The molecule has 3 N–H and O–H groups in total. The number of alkyl carbamates (subject to hydrolysis) is 1. The van der Waals surface area contributed by atoms with Gasteiger partial charge in [0.1, 0.15) is 5.60 Å². The summed E-state index contributed by atoms with van der Waals surface area (Å²) < 4.78 is 5.10. The third-order valence-corrected chi connectivity index (χ3v) is 3.81. The quantitative estimate of drug-likeness (QED) is 0.647. The van der Waals surface area contributed by atoms with E-state index in [2.05, 4.69) is 16.0 Å². The van der Waals surface area contributed by atoms with E-state index in [1.165, 1.54) is 0 Å². The molecule has 0 aliphatic carbocycles. The van der Waals surface area contributed by atoms with Gasteiger partial charge < -0.3 is 20.7 Å². The summed E-state index contributed by atoms with van der Waals surface area (Å²) in [5.41, 5.74) is 1.08. The molecule has 0 aliphatic heterocycles. The molecular formula is C21H24ClN3O4. The van der Waals surface area contributed by atoms with Gasteiger partial charge in [0, 0.05) is 34.9 Å². The molecule has 0 saturated heterocycles. The van der Waals surface area contributed by atoms with Crippen molar-refractivity contribution in [3.8, 4) is 0 Å². The Morgan fingerprint density at radius 2 is 1.45 bits per heavy atom. The highest BCUT2D eigenvalue weighted by Crippen LogP contribution is 2.16. The van der Waals surface area contributed by atoms with Crippen LogP contribution in [0.4, 0.5) is 16.2 Å². The summed E-state index contributed by atoms with van der Waals surface area (Å²) in [7, 11) is 0. The first-order valence-corrected chi connectivity index (χ1v) is 9.44. The predicted molar refractivity (Wildman–Crippen MR) is 113 cm³/mol. The van der Waals surface area contributed by atoms with E-state index in [0.29, 0.717) is 22.0 Å². The minimum absolute atomic E-state index is 0.105. The molecule has 0 fully saturated rings. The Labute approximate surface area is 174 Å². The third-order valence-electron chi connectivity index (χ3n) is 3.55. The number of carbonyl (C=O) groups is 3. The van der Waals surface area contributed by atoms with Crippen LogP contribution in [0.3, 0.4) is 0 Å². The van der Waals surface area contributed by atoms with Crippen LogP contribution in [0.1, 0.15) is 37.6 Å². The van der Waals surface area contributed by atoms with Crippen LogP contribution in [0, 0.1) is 0 Å². The van der Waals surface area contributed by atoms with Crippen LogP contribution in [0.5, 0.6) is 0 Å². The summed E-state index contributed by atoms with van der Waals surface area (Å²) in [5.74, 6) is -0.509. The van der Waals surface area contributed by atoms with E-state index in [-0.39, 0.29) is 24.8 Å².